The molecule has 5 heteroatoms. The van der Waals surface area contributed by atoms with Crippen LogP contribution in [0.1, 0.15) is 100 Å². The smallest absolute Gasteiger partial charge is 0.170 e. The van der Waals surface area contributed by atoms with Crippen molar-refractivity contribution < 1.29 is 23.7 Å². The summed E-state index contributed by atoms with van der Waals surface area (Å²) >= 11 is 0. The van der Waals surface area contributed by atoms with Gasteiger partial charge in [-0.3, -0.25) is 0 Å². The van der Waals surface area contributed by atoms with E-state index in [9.17, 15) is 0 Å². The Balaban J connectivity index is 1.31. The predicted octanol–water partition coefficient (Wildman–Crippen LogP) is 6.12. The summed E-state index contributed by atoms with van der Waals surface area (Å²) in [5.74, 6) is 1.99. The van der Waals surface area contributed by atoms with E-state index in [1.165, 1.54) is 0 Å². The van der Waals surface area contributed by atoms with Crippen molar-refractivity contribution in [1.82, 2.24) is 0 Å². The third-order valence-electron chi connectivity index (χ3n) is 9.88. The number of fused-ring (bicyclic) bond motifs is 3. The van der Waals surface area contributed by atoms with E-state index in [1.54, 1.807) is 0 Å². The van der Waals surface area contributed by atoms with E-state index in [2.05, 4.69) is 55.4 Å². The van der Waals surface area contributed by atoms with Gasteiger partial charge >= 0.3 is 0 Å². The molecule has 5 heterocycles. The SMILES string of the molecule is CC[C@H](C)[C@@H]1C[C@H]2O[C@@H]3[C@H](C[C@H]2O1)O[C@@]1(C[C@@H]3C)C[C@H](C)[C@@H]2O[C@](CC(C)C)(C(C)C)C[C@@H]2O1. The van der Waals surface area contributed by atoms with E-state index in [0.717, 1.165) is 44.9 Å². The van der Waals surface area contributed by atoms with Crippen molar-refractivity contribution in [3.63, 3.8) is 0 Å². The molecule has 5 aliphatic heterocycles. The zero-order chi connectivity index (χ0) is 24.4. The Hall–Kier alpha value is -0.200. The molecule has 0 aromatic rings. The molecule has 5 aliphatic rings. The normalized spacial score (nSPS) is 51.5. The molecule has 196 valence electrons. The standard InChI is InChI=1S/C29H50O5/c1-9-18(6)21-10-23-22(30-21)11-24-26(31-23)19(7)13-29(32-24)14-20(8)27-25(33-29)15-28(34-27,17(4)5)12-16(2)3/h16-27H,9-15H2,1-8H3/t18-,19-,20-,21-,22+,23+,24-,25-,26-,27-,28-,29+/m0/s1. The van der Waals surface area contributed by atoms with E-state index in [-0.39, 0.29) is 42.2 Å². The highest BCUT2D eigenvalue weighted by atomic mass is 16.7. The first-order valence-electron chi connectivity index (χ1n) is 14.4. The van der Waals surface area contributed by atoms with Gasteiger partial charge in [-0.15, -0.1) is 0 Å². The predicted molar refractivity (Wildman–Crippen MR) is 133 cm³/mol. The van der Waals surface area contributed by atoms with Crippen LogP contribution in [0.5, 0.6) is 0 Å². The maximum absolute atomic E-state index is 6.96. The fourth-order valence-electron chi connectivity index (χ4n) is 7.94. The lowest BCUT2D eigenvalue weighted by Crippen LogP contribution is -2.62. The second kappa shape index (κ2) is 9.28. The highest BCUT2D eigenvalue weighted by Crippen LogP contribution is 2.54. The van der Waals surface area contributed by atoms with Gasteiger partial charge in [-0.1, -0.05) is 61.8 Å². The van der Waals surface area contributed by atoms with E-state index < -0.39 is 5.79 Å². The molecule has 5 rings (SSSR count). The third-order valence-corrected chi connectivity index (χ3v) is 9.88. The van der Waals surface area contributed by atoms with E-state index in [0.29, 0.717) is 35.7 Å². The lowest BCUT2D eigenvalue weighted by atomic mass is 9.77. The largest absolute Gasteiger partial charge is 0.372 e. The molecule has 0 radical (unpaired) electrons. The van der Waals surface area contributed by atoms with Crippen LogP contribution in [0.15, 0.2) is 0 Å². The maximum Gasteiger partial charge on any atom is 0.170 e. The van der Waals surface area contributed by atoms with Crippen LogP contribution in [0.25, 0.3) is 0 Å². The molecule has 5 fully saturated rings. The molecule has 5 saturated heterocycles. The van der Waals surface area contributed by atoms with Gasteiger partial charge in [-0.25, -0.2) is 0 Å². The number of rotatable bonds is 5. The Morgan fingerprint density at radius 2 is 1.38 bits per heavy atom. The molecule has 0 N–H and O–H groups in total. The van der Waals surface area contributed by atoms with Gasteiger partial charge in [0.25, 0.3) is 0 Å². The number of hydrogen-bond acceptors (Lipinski definition) is 5. The summed E-state index contributed by atoms with van der Waals surface area (Å²) in [4.78, 5) is 0. The molecule has 34 heavy (non-hydrogen) atoms. The van der Waals surface area contributed by atoms with Crippen LogP contribution in [-0.4, -0.2) is 54.1 Å². The first-order chi connectivity index (χ1) is 16.0. The van der Waals surface area contributed by atoms with Crippen molar-refractivity contribution in [2.45, 2.75) is 154 Å². The minimum absolute atomic E-state index is 0.0530. The second-order valence-electron chi connectivity index (χ2n) is 13.4. The summed E-state index contributed by atoms with van der Waals surface area (Å²) in [5, 5.41) is 0. The van der Waals surface area contributed by atoms with Gasteiger partial charge in [0, 0.05) is 32.1 Å². The van der Waals surface area contributed by atoms with Gasteiger partial charge in [0.1, 0.15) is 0 Å². The zero-order valence-electron chi connectivity index (χ0n) is 22.9. The van der Waals surface area contributed by atoms with Gasteiger partial charge < -0.3 is 23.7 Å². The molecule has 12 atom stereocenters. The minimum Gasteiger partial charge on any atom is -0.372 e. The molecule has 0 bridgehead atoms. The number of hydrogen-bond donors (Lipinski definition) is 0. The van der Waals surface area contributed by atoms with E-state index >= 15 is 0 Å². The van der Waals surface area contributed by atoms with Crippen LogP contribution in [0, 0.1) is 29.6 Å². The molecule has 0 aromatic carbocycles. The lowest BCUT2D eigenvalue weighted by molar-refractivity contribution is -0.368. The topological polar surface area (TPSA) is 46.2 Å². The molecule has 0 unspecified atom stereocenters. The number of ether oxygens (including phenoxy) is 5. The fourth-order valence-corrected chi connectivity index (χ4v) is 7.94. The van der Waals surface area contributed by atoms with Crippen LogP contribution in [0.2, 0.25) is 0 Å². The Kier molecular flexibility index (Phi) is 6.94. The molecule has 0 aliphatic carbocycles. The van der Waals surface area contributed by atoms with Crippen molar-refractivity contribution in [3.05, 3.63) is 0 Å². The Morgan fingerprint density at radius 1 is 0.735 bits per heavy atom. The summed E-state index contributed by atoms with van der Waals surface area (Å²) in [6.07, 6.45) is 8.19. The van der Waals surface area contributed by atoms with Gasteiger partial charge in [-0.05, 0) is 36.0 Å². The van der Waals surface area contributed by atoms with Crippen LogP contribution in [0.4, 0.5) is 0 Å². The minimum atomic E-state index is -0.514. The highest BCUT2D eigenvalue weighted by molar-refractivity contribution is 5.05. The maximum atomic E-state index is 6.96. The van der Waals surface area contributed by atoms with Gasteiger partial charge in [0.15, 0.2) is 5.79 Å². The molecule has 1 spiro atoms. The van der Waals surface area contributed by atoms with Gasteiger partial charge in [-0.2, -0.15) is 0 Å². The molecular weight excluding hydrogens is 428 g/mol. The van der Waals surface area contributed by atoms with Crippen molar-refractivity contribution in [3.8, 4) is 0 Å². The Labute approximate surface area is 207 Å². The van der Waals surface area contributed by atoms with E-state index in [1.807, 2.05) is 0 Å². The zero-order valence-corrected chi connectivity index (χ0v) is 22.9. The van der Waals surface area contributed by atoms with Crippen LogP contribution in [0.3, 0.4) is 0 Å². The summed E-state index contributed by atoms with van der Waals surface area (Å²) < 4.78 is 33.9. The third kappa shape index (κ3) is 4.40. The van der Waals surface area contributed by atoms with Gasteiger partial charge in [0.2, 0.25) is 0 Å². The Morgan fingerprint density at radius 3 is 2.03 bits per heavy atom. The summed E-state index contributed by atoms with van der Waals surface area (Å²) in [7, 11) is 0. The monoisotopic (exact) mass is 478 g/mol. The lowest BCUT2D eigenvalue weighted by Gasteiger charge is -2.54. The first-order valence-corrected chi connectivity index (χ1v) is 14.4. The molecule has 0 amide bonds. The first kappa shape index (κ1) is 25.4. The molecule has 5 nitrogen and oxygen atoms in total. The fraction of sp³-hybridized carbons (Fsp3) is 1.00. The average molecular weight is 479 g/mol. The van der Waals surface area contributed by atoms with Crippen LogP contribution >= 0.6 is 0 Å². The summed E-state index contributed by atoms with van der Waals surface area (Å²) in [5.41, 5.74) is -0.0874. The molecule has 0 aromatic heterocycles. The quantitative estimate of drug-likeness (QED) is 0.476. The van der Waals surface area contributed by atoms with Crippen molar-refractivity contribution in [2.24, 2.45) is 29.6 Å². The Bertz CT molecular complexity index is 725. The van der Waals surface area contributed by atoms with Crippen LogP contribution in [-0.2, 0) is 23.7 Å². The van der Waals surface area contributed by atoms with Crippen molar-refractivity contribution in [2.75, 3.05) is 0 Å². The summed E-state index contributed by atoms with van der Waals surface area (Å²) in [6, 6.07) is 0. The highest BCUT2D eigenvalue weighted by Gasteiger charge is 2.61. The average Bonchev–Trinajstić information content (AvgIpc) is 3.33. The van der Waals surface area contributed by atoms with Crippen molar-refractivity contribution >= 4 is 0 Å². The van der Waals surface area contributed by atoms with Crippen molar-refractivity contribution in [1.29, 1.82) is 0 Å². The second-order valence-corrected chi connectivity index (χ2v) is 13.4. The molecular formula is C29H50O5. The molecule has 0 saturated carbocycles. The van der Waals surface area contributed by atoms with E-state index in [4.69, 9.17) is 23.7 Å². The van der Waals surface area contributed by atoms with Crippen LogP contribution < -0.4 is 0 Å². The summed E-state index contributed by atoms with van der Waals surface area (Å²) in [6.45, 7) is 18.5. The van der Waals surface area contributed by atoms with Gasteiger partial charge in [0.05, 0.1) is 48.3 Å².